The van der Waals surface area contributed by atoms with Crippen LogP contribution in [-0.2, 0) is 20.7 Å². The highest BCUT2D eigenvalue weighted by Crippen LogP contribution is 2.22. The first-order valence-corrected chi connectivity index (χ1v) is 9.84. The SMILES string of the molecule is CN(C)CCCNC(=O)C[C@@H]1CC[C@@H](NC(=O)Cc2cccnc2)[C@H](CO)O1. The Kier molecular flexibility index (Phi) is 9.33. The Bertz CT molecular complexity index is 611. The number of pyridine rings is 1. The van der Waals surface area contributed by atoms with Gasteiger partial charge in [0.25, 0.3) is 0 Å². The van der Waals surface area contributed by atoms with Crippen LogP contribution in [0.3, 0.4) is 0 Å². The topological polar surface area (TPSA) is 104 Å². The van der Waals surface area contributed by atoms with Crippen molar-refractivity contribution in [2.24, 2.45) is 0 Å². The zero-order chi connectivity index (χ0) is 20.4. The third-order valence-electron chi connectivity index (χ3n) is 4.75. The summed E-state index contributed by atoms with van der Waals surface area (Å²) < 4.78 is 5.87. The van der Waals surface area contributed by atoms with Gasteiger partial charge in [-0.15, -0.1) is 0 Å². The number of aromatic nitrogens is 1. The van der Waals surface area contributed by atoms with Crippen LogP contribution >= 0.6 is 0 Å². The number of carbonyl (C=O) groups excluding carboxylic acids is 2. The fourth-order valence-electron chi connectivity index (χ4n) is 3.29. The van der Waals surface area contributed by atoms with E-state index in [1.54, 1.807) is 18.5 Å². The third kappa shape index (κ3) is 7.92. The quantitative estimate of drug-likeness (QED) is 0.488. The number of nitrogens with one attached hydrogen (secondary N) is 2. The molecule has 156 valence electrons. The van der Waals surface area contributed by atoms with E-state index in [4.69, 9.17) is 4.74 Å². The smallest absolute Gasteiger partial charge is 0.224 e. The first-order valence-electron chi connectivity index (χ1n) is 9.84. The Morgan fingerprint density at radius 3 is 2.82 bits per heavy atom. The number of aliphatic hydroxyl groups excluding tert-OH is 1. The maximum absolute atomic E-state index is 12.3. The number of nitrogens with zero attached hydrogens (tertiary/aromatic N) is 2. The zero-order valence-electron chi connectivity index (χ0n) is 16.8. The summed E-state index contributed by atoms with van der Waals surface area (Å²) in [5.41, 5.74) is 0.834. The van der Waals surface area contributed by atoms with Crippen LogP contribution < -0.4 is 10.6 Å². The number of hydrogen-bond donors (Lipinski definition) is 3. The molecule has 1 aliphatic heterocycles. The lowest BCUT2D eigenvalue weighted by molar-refractivity contribution is -0.135. The number of hydrogen-bond acceptors (Lipinski definition) is 6. The lowest BCUT2D eigenvalue weighted by Gasteiger charge is -2.36. The van der Waals surface area contributed by atoms with Crippen LogP contribution in [0, 0.1) is 0 Å². The van der Waals surface area contributed by atoms with Crippen LogP contribution in [0.2, 0.25) is 0 Å². The van der Waals surface area contributed by atoms with E-state index in [0.29, 0.717) is 19.4 Å². The van der Waals surface area contributed by atoms with Crippen molar-refractivity contribution in [1.29, 1.82) is 0 Å². The van der Waals surface area contributed by atoms with Gasteiger partial charge in [-0.3, -0.25) is 14.6 Å². The van der Waals surface area contributed by atoms with Crippen LogP contribution in [0.1, 0.15) is 31.2 Å². The monoisotopic (exact) mass is 392 g/mol. The molecule has 1 saturated heterocycles. The normalized spacial score (nSPS) is 22.1. The highest BCUT2D eigenvalue weighted by molar-refractivity contribution is 5.79. The molecule has 0 aliphatic carbocycles. The van der Waals surface area contributed by atoms with Crippen molar-refractivity contribution < 1.29 is 19.4 Å². The van der Waals surface area contributed by atoms with Crippen LogP contribution in [-0.4, -0.2) is 78.8 Å². The highest BCUT2D eigenvalue weighted by atomic mass is 16.5. The number of carbonyl (C=O) groups is 2. The number of amides is 2. The molecule has 2 heterocycles. The van der Waals surface area contributed by atoms with Gasteiger partial charge in [0.05, 0.1) is 31.6 Å². The van der Waals surface area contributed by atoms with Crippen molar-refractivity contribution in [3.63, 3.8) is 0 Å². The second-order valence-electron chi connectivity index (χ2n) is 7.48. The Hall–Kier alpha value is -2.03. The van der Waals surface area contributed by atoms with Gasteiger partial charge >= 0.3 is 0 Å². The van der Waals surface area contributed by atoms with Gasteiger partial charge in [-0.25, -0.2) is 0 Å². The van der Waals surface area contributed by atoms with Crippen LogP contribution in [0.15, 0.2) is 24.5 Å². The predicted octanol–water partition coefficient (Wildman–Crippen LogP) is 0.107. The fourth-order valence-corrected chi connectivity index (χ4v) is 3.29. The lowest BCUT2D eigenvalue weighted by Crippen LogP contribution is -2.51. The molecule has 0 spiro atoms. The molecular weight excluding hydrogens is 360 g/mol. The Balaban J connectivity index is 1.73. The molecule has 0 saturated carbocycles. The molecule has 0 aromatic carbocycles. The van der Waals surface area contributed by atoms with Crippen molar-refractivity contribution in [2.75, 3.05) is 33.8 Å². The van der Waals surface area contributed by atoms with E-state index in [0.717, 1.165) is 18.5 Å². The first-order chi connectivity index (χ1) is 13.5. The summed E-state index contributed by atoms with van der Waals surface area (Å²) in [6.45, 7) is 1.37. The van der Waals surface area contributed by atoms with Gasteiger partial charge in [0, 0.05) is 18.9 Å². The van der Waals surface area contributed by atoms with Gasteiger partial charge in [-0.1, -0.05) is 6.07 Å². The highest BCUT2D eigenvalue weighted by Gasteiger charge is 2.32. The van der Waals surface area contributed by atoms with Gasteiger partial charge in [-0.05, 0) is 51.5 Å². The van der Waals surface area contributed by atoms with E-state index in [2.05, 4.69) is 20.5 Å². The molecule has 1 aromatic rings. The van der Waals surface area contributed by atoms with Gasteiger partial charge < -0.3 is 25.4 Å². The summed E-state index contributed by atoms with van der Waals surface area (Å²) in [6.07, 6.45) is 5.33. The summed E-state index contributed by atoms with van der Waals surface area (Å²) in [6, 6.07) is 3.38. The van der Waals surface area contributed by atoms with Crippen molar-refractivity contribution >= 4 is 11.8 Å². The van der Waals surface area contributed by atoms with Crippen molar-refractivity contribution in [1.82, 2.24) is 20.5 Å². The van der Waals surface area contributed by atoms with E-state index in [-0.39, 0.29) is 43.4 Å². The number of rotatable bonds is 10. The fraction of sp³-hybridized carbons (Fsp3) is 0.650. The summed E-state index contributed by atoms with van der Waals surface area (Å²) in [4.78, 5) is 30.4. The average Bonchev–Trinajstić information content (AvgIpc) is 2.67. The minimum atomic E-state index is -0.502. The second kappa shape index (κ2) is 11.7. The molecule has 0 unspecified atom stereocenters. The van der Waals surface area contributed by atoms with E-state index < -0.39 is 6.10 Å². The maximum atomic E-state index is 12.3. The lowest BCUT2D eigenvalue weighted by atomic mass is 9.96. The standard InChI is InChI=1S/C20H32N4O4/c1-24(2)10-4-9-22-19(26)12-16-6-7-17(18(14-25)28-16)23-20(27)11-15-5-3-8-21-13-15/h3,5,8,13,16-18,25H,4,6-7,9-12,14H2,1-2H3,(H,22,26)(H,23,27)/t16-,17+,18-/m0/s1. The van der Waals surface area contributed by atoms with E-state index in [1.807, 2.05) is 20.2 Å². The number of aliphatic hydroxyl groups is 1. The van der Waals surface area contributed by atoms with Gasteiger partial charge in [0.2, 0.25) is 11.8 Å². The molecule has 3 N–H and O–H groups in total. The van der Waals surface area contributed by atoms with E-state index in [1.165, 1.54) is 0 Å². The van der Waals surface area contributed by atoms with Crippen LogP contribution in [0.25, 0.3) is 0 Å². The molecule has 0 bridgehead atoms. The Labute approximate surface area is 166 Å². The molecule has 0 radical (unpaired) electrons. The second-order valence-corrected chi connectivity index (χ2v) is 7.48. The molecule has 8 heteroatoms. The minimum Gasteiger partial charge on any atom is -0.394 e. The minimum absolute atomic E-state index is 0.0421. The number of ether oxygens (including phenoxy) is 1. The molecule has 3 atom stereocenters. The molecule has 1 aromatic heterocycles. The van der Waals surface area contributed by atoms with Gasteiger partial charge in [0.15, 0.2) is 0 Å². The summed E-state index contributed by atoms with van der Waals surface area (Å²) in [5, 5.41) is 15.5. The Morgan fingerprint density at radius 1 is 1.32 bits per heavy atom. The van der Waals surface area contributed by atoms with Crippen molar-refractivity contribution in [2.45, 2.75) is 50.4 Å². The molecule has 2 rings (SSSR count). The zero-order valence-corrected chi connectivity index (χ0v) is 16.8. The Morgan fingerprint density at radius 2 is 2.14 bits per heavy atom. The maximum Gasteiger partial charge on any atom is 0.224 e. The van der Waals surface area contributed by atoms with E-state index >= 15 is 0 Å². The first kappa shape index (κ1) is 22.3. The molecular formula is C20H32N4O4. The summed E-state index contributed by atoms with van der Waals surface area (Å²) in [7, 11) is 4.00. The molecule has 8 nitrogen and oxygen atoms in total. The van der Waals surface area contributed by atoms with Crippen molar-refractivity contribution in [3.8, 4) is 0 Å². The average molecular weight is 393 g/mol. The molecule has 28 heavy (non-hydrogen) atoms. The molecule has 2 amide bonds. The molecule has 1 aliphatic rings. The van der Waals surface area contributed by atoms with E-state index in [9.17, 15) is 14.7 Å². The van der Waals surface area contributed by atoms with Crippen LogP contribution in [0.5, 0.6) is 0 Å². The summed E-state index contributed by atoms with van der Waals surface area (Å²) in [5.74, 6) is -0.170. The van der Waals surface area contributed by atoms with Crippen molar-refractivity contribution in [3.05, 3.63) is 30.1 Å². The van der Waals surface area contributed by atoms with Crippen LogP contribution in [0.4, 0.5) is 0 Å². The molecule has 1 fully saturated rings. The largest absolute Gasteiger partial charge is 0.394 e. The third-order valence-corrected chi connectivity index (χ3v) is 4.75. The predicted molar refractivity (Wildman–Crippen MR) is 106 cm³/mol. The summed E-state index contributed by atoms with van der Waals surface area (Å²) >= 11 is 0. The van der Waals surface area contributed by atoms with Gasteiger partial charge in [0.1, 0.15) is 6.10 Å². The van der Waals surface area contributed by atoms with Gasteiger partial charge in [-0.2, -0.15) is 0 Å².